The maximum atomic E-state index is 12.4. The minimum Gasteiger partial charge on any atom is -0.378 e. The molecule has 1 aromatic rings. The zero-order valence-electron chi connectivity index (χ0n) is 12.7. The van der Waals surface area contributed by atoms with Crippen LogP contribution in [0.3, 0.4) is 0 Å². The van der Waals surface area contributed by atoms with Gasteiger partial charge in [-0.3, -0.25) is 14.6 Å². The number of nitrogens with zero attached hydrogens (tertiary/aromatic N) is 2. The van der Waals surface area contributed by atoms with Gasteiger partial charge < -0.3 is 15.0 Å². The molecular formula is C15H21N3O3. The normalized spacial score (nSPS) is 15.7. The first kappa shape index (κ1) is 15.4. The van der Waals surface area contributed by atoms with Crippen molar-refractivity contribution in [3.05, 3.63) is 29.6 Å². The highest BCUT2D eigenvalue weighted by atomic mass is 16.5. The largest absolute Gasteiger partial charge is 0.378 e. The second kappa shape index (κ2) is 6.22. The topological polar surface area (TPSA) is 71.5 Å². The molecule has 0 spiro atoms. The highest BCUT2D eigenvalue weighted by molar-refractivity contribution is 5.99. The van der Waals surface area contributed by atoms with Crippen molar-refractivity contribution in [2.45, 2.75) is 26.3 Å². The SMILES string of the molecule is CC(C)(C)NC(=O)c1cncc(C(=O)N2CCOCC2)c1. The number of hydrogen-bond acceptors (Lipinski definition) is 4. The van der Waals surface area contributed by atoms with Gasteiger partial charge >= 0.3 is 0 Å². The summed E-state index contributed by atoms with van der Waals surface area (Å²) in [5, 5.41) is 2.86. The van der Waals surface area contributed by atoms with E-state index in [2.05, 4.69) is 10.3 Å². The second-order valence-electron chi connectivity index (χ2n) is 6.07. The van der Waals surface area contributed by atoms with Gasteiger partial charge in [-0.1, -0.05) is 0 Å². The third-order valence-corrected chi connectivity index (χ3v) is 3.03. The Bertz CT molecular complexity index is 531. The summed E-state index contributed by atoms with van der Waals surface area (Å²) >= 11 is 0. The predicted octanol–water partition coefficient (Wildman–Crippen LogP) is 1.08. The number of aromatic nitrogens is 1. The van der Waals surface area contributed by atoms with Crippen molar-refractivity contribution in [2.75, 3.05) is 26.3 Å². The molecule has 0 saturated carbocycles. The molecule has 0 aliphatic carbocycles. The molecule has 1 aliphatic heterocycles. The quantitative estimate of drug-likeness (QED) is 0.885. The average Bonchev–Trinajstić information content (AvgIpc) is 2.46. The van der Waals surface area contributed by atoms with Crippen molar-refractivity contribution in [1.29, 1.82) is 0 Å². The first-order chi connectivity index (χ1) is 9.87. The fraction of sp³-hybridized carbons (Fsp3) is 0.533. The van der Waals surface area contributed by atoms with Gasteiger partial charge in [0.1, 0.15) is 0 Å². The molecule has 1 N–H and O–H groups in total. The van der Waals surface area contributed by atoms with Crippen molar-refractivity contribution in [1.82, 2.24) is 15.2 Å². The number of amides is 2. The number of morpholine rings is 1. The van der Waals surface area contributed by atoms with E-state index in [-0.39, 0.29) is 17.4 Å². The summed E-state index contributed by atoms with van der Waals surface area (Å²) in [5.41, 5.74) is 0.490. The first-order valence-electron chi connectivity index (χ1n) is 7.01. The summed E-state index contributed by atoms with van der Waals surface area (Å²) in [6.45, 7) is 7.93. The molecule has 1 saturated heterocycles. The fourth-order valence-electron chi connectivity index (χ4n) is 2.04. The van der Waals surface area contributed by atoms with Crippen LogP contribution in [-0.4, -0.2) is 53.5 Å². The van der Waals surface area contributed by atoms with Crippen molar-refractivity contribution in [3.8, 4) is 0 Å². The van der Waals surface area contributed by atoms with Gasteiger partial charge in [0, 0.05) is 31.0 Å². The number of rotatable bonds is 2. The van der Waals surface area contributed by atoms with Crippen molar-refractivity contribution >= 4 is 11.8 Å². The summed E-state index contributed by atoms with van der Waals surface area (Å²) in [4.78, 5) is 30.2. The van der Waals surface area contributed by atoms with Crippen LogP contribution < -0.4 is 5.32 Å². The van der Waals surface area contributed by atoms with Crippen LogP contribution in [0.1, 0.15) is 41.5 Å². The molecule has 0 radical (unpaired) electrons. The number of nitrogens with one attached hydrogen (secondary N) is 1. The molecule has 0 bridgehead atoms. The Kier molecular flexibility index (Phi) is 4.57. The van der Waals surface area contributed by atoms with E-state index in [0.717, 1.165) is 0 Å². The Morgan fingerprint density at radius 1 is 1.19 bits per heavy atom. The fourth-order valence-corrected chi connectivity index (χ4v) is 2.04. The van der Waals surface area contributed by atoms with Crippen LogP contribution in [0.15, 0.2) is 18.5 Å². The van der Waals surface area contributed by atoms with Crippen molar-refractivity contribution in [3.63, 3.8) is 0 Å². The zero-order chi connectivity index (χ0) is 15.5. The number of carbonyl (C=O) groups is 2. The molecule has 21 heavy (non-hydrogen) atoms. The van der Waals surface area contributed by atoms with E-state index >= 15 is 0 Å². The minimum absolute atomic E-state index is 0.115. The van der Waals surface area contributed by atoms with Gasteiger partial charge in [-0.25, -0.2) is 0 Å². The number of carbonyl (C=O) groups excluding carboxylic acids is 2. The molecule has 114 valence electrons. The number of hydrogen-bond donors (Lipinski definition) is 1. The van der Waals surface area contributed by atoms with Crippen molar-refractivity contribution < 1.29 is 14.3 Å². The lowest BCUT2D eigenvalue weighted by molar-refractivity contribution is 0.0302. The van der Waals surface area contributed by atoms with E-state index in [4.69, 9.17) is 4.74 Å². The van der Waals surface area contributed by atoms with E-state index in [1.807, 2.05) is 20.8 Å². The summed E-state index contributed by atoms with van der Waals surface area (Å²) in [6.07, 6.45) is 2.96. The molecule has 2 heterocycles. The molecule has 0 aromatic carbocycles. The van der Waals surface area contributed by atoms with E-state index in [9.17, 15) is 9.59 Å². The molecule has 0 unspecified atom stereocenters. The molecule has 6 heteroatoms. The summed E-state index contributed by atoms with van der Waals surface area (Å²) < 4.78 is 5.23. The Hall–Kier alpha value is -1.95. The van der Waals surface area contributed by atoms with Crippen LogP contribution in [0.4, 0.5) is 0 Å². The molecule has 6 nitrogen and oxygen atoms in total. The molecule has 2 amide bonds. The highest BCUT2D eigenvalue weighted by Crippen LogP contribution is 2.10. The van der Waals surface area contributed by atoms with E-state index in [1.54, 1.807) is 11.0 Å². The zero-order valence-corrected chi connectivity index (χ0v) is 12.7. The van der Waals surface area contributed by atoms with Crippen LogP contribution in [0, 0.1) is 0 Å². The van der Waals surface area contributed by atoms with Crippen LogP contribution in [0.2, 0.25) is 0 Å². The second-order valence-corrected chi connectivity index (χ2v) is 6.07. The Labute approximate surface area is 124 Å². The smallest absolute Gasteiger partial charge is 0.255 e. The van der Waals surface area contributed by atoms with E-state index in [0.29, 0.717) is 37.4 Å². The van der Waals surface area contributed by atoms with E-state index in [1.165, 1.54) is 12.4 Å². The number of ether oxygens (including phenoxy) is 1. The van der Waals surface area contributed by atoms with Gasteiger partial charge in [-0.2, -0.15) is 0 Å². The standard InChI is InChI=1S/C15H21N3O3/c1-15(2,3)17-13(19)11-8-12(10-16-9-11)14(20)18-4-6-21-7-5-18/h8-10H,4-7H2,1-3H3,(H,17,19). The lowest BCUT2D eigenvalue weighted by atomic mass is 10.1. The monoisotopic (exact) mass is 291 g/mol. The maximum Gasteiger partial charge on any atom is 0.255 e. The third kappa shape index (κ3) is 4.26. The van der Waals surface area contributed by atoms with Crippen LogP contribution in [0.25, 0.3) is 0 Å². The lowest BCUT2D eigenvalue weighted by Crippen LogP contribution is -2.41. The first-order valence-corrected chi connectivity index (χ1v) is 7.01. The number of pyridine rings is 1. The van der Waals surface area contributed by atoms with Gasteiger partial charge in [-0.05, 0) is 26.8 Å². The van der Waals surface area contributed by atoms with E-state index < -0.39 is 0 Å². The summed E-state index contributed by atoms with van der Waals surface area (Å²) in [5.74, 6) is -0.345. The lowest BCUT2D eigenvalue weighted by Gasteiger charge is -2.27. The maximum absolute atomic E-state index is 12.4. The summed E-state index contributed by atoms with van der Waals surface area (Å²) in [6, 6.07) is 1.59. The van der Waals surface area contributed by atoms with Crippen molar-refractivity contribution in [2.24, 2.45) is 0 Å². The molecular weight excluding hydrogens is 270 g/mol. The Balaban J connectivity index is 2.13. The van der Waals surface area contributed by atoms with Gasteiger partial charge in [0.25, 0.3) is 11.8 Å². The Morgan fingerprint density at radius 3 is 2.43 bits per heavy atom. The van der Waals surface area contributed by atoms with Crippen LogP contribution >= 0.6 is 0 Å². The molecule has 0 atom stereocenters. The molecule has 1 aromatic heterocycles. The molecule has 1 aliphatic rings. The minimum atomic E-state index is -0.332. The molecule has 1 fully saturated rings. The summed E-state index contributed by atoms with van der Waals surface area (Å²) in [7, 11) is 0. The molecule has 2 rings (SSSR count). The van der Waals surface area contributed by atoms with Crippen LogP contribution in [-0.2, 0) is 4.74 Å². The van der Waals surface area contributed by atoms with Gasteiger partial charge in [0.05, 0.1) is 24.3 Å². The third-order valence-electron chi connectivity index (χ3n) is 3.03. The highest BCUT2D eigenvalue weighted by Gasteiger charge is 2.21. The Morgan fingerprint density at radius 2 is 1.81 bits per heavy atom. The average molecular weight is 291 g/mol. The van der Waals surface area contributed by atoms with Gasteiger partial charge in [-0.15, -0.1) is 0 Å². The predicted molar refractivity (Wildman–Crippen MR) is 78.2 cm³/mol. The van der Waals surface area contributed by atoms with Crippen LogP contribution in [0.5, 0.6) is 0 Å². The van der Waals surface area contributed by atoms with Gasteiger partial charge in [0.2, 0.25) is 0 Å². The van der Waals surface area contributed by atoms with Gasteiger partial charge in [0.15, 0.2) is 0 Å².